The van der Waals surface area contributed by atoms with Crippen molar-refractivity contribution in [3.8, 4) is 0 Å². The number of amides is 3. The van der Waals surface area contributed by atoms with Crippen LogP contribution in [0.2, 0.25) is 20.1 Å². The van der Waals surface area contributed by atoms with Crippen LogP contribution in [0.1, 0.15) is 58.8 Å². The third-order valence-electron chi connectivity index (χ3n) is 5.58. The average Bonchev–Trinajstić information content (AvgIpc) is 3.13. The summed E-state index contributed by atoms with van der Waals surface area (Å²) >= 11 is 24.4. The standard InChI is InChI=1S/C26H24Cl4N2O7/c1-11(2)9-38-25(36)13-5-7-14(8-6-13)31-15(33)10-39-26(37)22(12(3)4)32-23(34)16-17(24(32)35)19(28)21(30)20(29)18(16)27/h5-8,11-12,22H,9-10H2,1-4H3,(H,31,33)/t22-/m0/s1. The SMILES string of the molecule is CC(C)COC(=O)c1ccc(NC(=O)COC(=O)[C@H](C(C)C)N2C(=O)c3c(Cl)c(Cl)c(Cl)c(Cl)c3C2=O)cc1. The fourth-order valence-corrected chi connectivity index (χ4v) is 4.74. The number of carbonyl (C=O) groups is 5. The van der Waals surface area contributed by atoms with Gasteiger partial charge in [0.25, 0.3) is 17.7 Å². The van der Waals surface area contributed by atoms with E-state index in [-0.39, 0.29) is 43.7 Å². The summed E-state index contributed by atoms with van der Waals surface area (Å²) in [6.45, 7) is 6.59. The van der Waals surface area contributed by atoms with Crippen LogP contribution >= 0.6 is 46.4 Å². The predicted octanol–water partition coefficient (Wildman–Crippen LogP) is 5.92. The van der Waals surface area contributed by atoms with Crippen LogP contribution in [-0.4, -0.2) is 53.8 Å². The van der Waals surface area contributed by atoms with E-state index in [1.165, 1.54) is 24.3 Å². The van der Waals surface area contributed by atoms with Crippen LogP contribution in [0.4, 0.5) is 5.69 Å². The van der Waals surface area contributed by atoms with Gasteiger partial charge in [0.05, 0.1) is 43.4 Å². The van der Waals surface area contributed by atoms with E-state index in [2.05, 4.69) is 5.32 Å². The number of imide groups is 1. The number of fused-ring (bicyclic) bond motifs is 1. The number of ether oxygens (including phenoxy) is 2. The molecule has 0 saturated carbocycles. The molecule has 1 aliphatic rings. The van der Waals surface area contributed by atoms with E-state index in [0.29, 0.717) is 16.2 Å². The Labute approximate surface area is 244 Å². The zero-order chi connectivity index (χ0) is 29.2. The number of hydrogen-bond donors (Lipinski definition) is 1. The lowest BCUT2D eigenvalue weighted by molar-refractivity contribution is -0.152. The highest BCUT2D eigenvalue weighted by Gasteiger charge is 2.48. The number of halogens is 4. The molecule has 0 aromatic heterocycles. The summed E-state index contributed by atoms with van der Waals surface area (Å²) in [5.41, 5.74) is 0.112. The van der Waals surface area contributed by atoms with Crippen molar-refractivity contribution in [3.05, 3.63) is 61.0 Å². The third-order valence-corrected chi connectivity index (χ3v) is 7.38. The minimum absolute atomic E-state index is 0.190. The van der Waals surface area contributed by atoms with Gasteiger partial charge < -0.3 is 14.8 Å². The highest BCUT2D eigenvalue weighted by molar-refractivity contribution is 6.55. The van der Waals surface area contributed by atoms with Crippen molar-refractivity contribution in [1.29, 1.82) is 0 Å². The smallest absolute Gasteiger partial charge is 0.338 e. The Bertz CT molecular complexity index is 1300. The second-order valence-corrected chi connectivity index (χ2v) is 10.9. The molecule has 1 aliphatic heterocycles. The molecule has 0 radical (unpaired) electrons. The minimum Gasteiger partial charge on any atom is -0.462 e. The van der Waals surface area contributed by atoms with Crippen molar-refractivity contribution in [1.82, 2.24) is 4.90 Å². The molecule has 1 atom stereocenters. The Morgan fingerprint density at radius 2 is 1.33 bits per heavy atom. The molecule has 1 N–H and O–H groups in total. The number of nitrogens with one attached hydrogen (secondary N) is 1. The first-order chi connectivity index (χ1) is 18.3. The maximum atomic E-state index is 13.2. The van der Waals surface area contributed by atoms with Gasteiger partial charge >= 0.3 is 11.9 Å². The molecule has 3 rings (SSSR count). The van der Waals surface area contributed by atoms with Gasteiger partial charge in [-0.1, -0.05) is 74.1 Å². The molecule has 39 heavy (non-hydrogen) atoms. The van der Waals surface area contributed by atoms with E-state index in [1.807, 2.05) is 13.8 Å². The van der Waals surface area contributed by atoms with Gasteiger partial charge in [0, 0.05) is 5.69 Å². The highest BCUT2D eigenvalue weighted by atomic mass is 35.5. The van der Waals surface area contributed by atoms with Crippen molar-refractivity contribution in [2.75, 3.05) is 18.5 Å². The molecule has 3 amide bonds. The second kappa shape index (κ2) is 12.6. The molecule has 0 bridgehead atoms. The van der Waals surface area contributed by atoms with Gasteiger partial charge in [-0.2, -0.15) is 0 Å². The Hall–Kier alpha value is -2.85. The number of nitrogens with zero attached hydrogens (tertiary/aromatic N) is 1. The van der Waals surface area contributed by atoms with Gasteiger partial charge in [-0.25, -0.2) is 9.59 Å². The summed E-state index contributed by atoms with van der Waals surface area (Å²) in [5.74, 6) is -4.38. The van der Waals surface area contributed by atoms with E-state index in [1.54, 1.807) is 13.8 Å². The molecular weight excluding hydrogens is 594 g/mol. The number of benzene rings is 2. The van der Waals surface area contributed by atoms with Crippen molar-refractivity contribution in [3.63, 3.8) is 0 Å². The predicted molar refractivity (Wildman–Crippen MR) is 147 cm³/mol. The monoisotopic (exact) mass is 616 g/mol. The van der Waals surface area contributed by atoms with Gasteiger partial charge in [0.1, 0.15) is 6.04 Å². The minimum atomic E-state index is -1.40. The van der Waals surface area contributed by atoms with Crippen LogP contribution in [0.5, 0.6) is 0 Å². The molecule has 2 aromatic carbocycles. The van der Waals surface area contributed by atoms with E-state index >= 15 is 0 Å². The molecule has 0 aliphatic carbocycles. The first-order valence-electron chi connectivity index (χ1n) is 11.7. The first kappa shape index (κ1) is 30.7. The third kappa shape index (κ3) is 6.49. The van der Waals surface area contributed by atoms with Crippen LogP contribution in [0.3, 0.4) is 0 Å². The van der Waals surface area contributed by atoms with Crippen LogP contribution in [0, 0.1) is 11.8 Å². The summed E-state index contributed by atoms with van der Waals surface area (Å²) in [6.07, 6.45) is 0. The van der Waals surface area contributed by atoms with Crippen molar-refractivity contribution in [2.24, 2.45) is 11.8 Å². The Morgan fingerprint density at radius 1 is 0.821 bits per heavy atom. The summed E-state index contributed by atoms with van der Waals surface area (Å²) in [4.78, 5) is 64.4. The molecule has 9 nitrogen and oxygen atoms in total. The molecule has 2 aromatic rings. The van der Waals surface area contributed by atoms with Crippen molar-refractivity contribution in [2.45, 2.75) is 33.7 Å². The largest absolute Gasteiger partial charge is 0.462 e. The summed E-state index contributed by atoms with van der Waals surface area (Å²) in [5, 5.41) is 1.59. The maximum absolute atomic E-state index is 13.2. The van der Waals surface area contributed by atoms with E-state index in [9.17, 15) is 24.0 Å². The summed E-state index contributed by atoms with van der Waals surface area (Å²) < 4.78 is 10.3. The van der Waals surface area contributed by atoms with Crippen LogP contribution in [0.15, 0.2) is 24.3 Å². The number of anilines is 1. The molecule has 0 unspecified atom stereocenters. The Balaban J connectivity index is 1.68. The number of rotatable bonds is 9. The topological polar surface area (TPSA) is 119 Å². The van der Waals surface area contributed by atoms with Gasteiger partial charge in [-0.3, -0.25) is 19.3 Å². The van der Waals surface area contributed by atoms with E-state index in [4.69, 9.17) is 55.9 Å². The summed E-state index contributed by atoms with van der Waals surface area (Å²) in [7, 11) is 0. The lowest BCUT2D eigenvalue weighted by Gasteiger charge is -2.27. The van der Waals surface area contributed by atoms with Crippen LogP contribution in [-0.2, 0) is 19.1 Å². The molecule has 0 fully saturated rings. The maximum Gasteiger partial charge on any atom is 0.338 e. The van der Waals surface area contributed by atoms with Gasteiger partial charge in [-0.15, -0.1) is 0 Å². The molecule has 13 heteroatoms. The van der Waals surface area contributed by atoms with Gasteiger partial charge in [0.15, 0.2) is 6.61 Å². The molecule has 208 valence electrons. The van der Waals surface area contributed by atoms with E-state index < -0.39 is 48.2 Å². The van der Waals surface area contributed by atoms with Crippen LogP contribution in [0.25, 0.3) is 0 Å². The second-order valence-electron chi connectivity index (χ2n) is 9.40. The zero-order valence-electron chi connectivity index (χ0n) is 21.3. The number of carbonyl (C=O) groups excluding carboxylic acids is 5. The van der Waals surface area contributed by atoms with Gasteiger partial charge in [-0.05, 0) is 36.1 Å². The number of hydrogen-bond acceptors (Lipinski definition) is 7. The first-order valence-corrected chi connectivity index (χ1v) is 13.2. The lowest BCUT2D eigenvalue weighted by atomic mass is 10.0. The fourth-order valence-electron chi connectivity index (χ4n) is 3.73. The molecule has 0 spiro atoms. The van der Waals surface area contributed by atoms with Crippen LogP contribution < -0.4 is 5.32 Å². The Morgan fingerprint density at radius 3 is 1.79 bits per heavy atom. The lowest BCUT2D eigenvalue weighted by Crippen LogP contribution is -2.49. The summed E-state index contributed by atoms with van der Waals surface area (Å²) in [6, 6.07) is 4.55. The Kier molecular flexibility index (Phi) is 9.88. The van der Waals surface area contributed by atoms with Crippen molar-refractivity contribution < 1.29 is 33.4 Å². The van der Waals surface area contributed by atoms with Crippen molar-refractivity contribution >= 4 is 81.8 Å². The molecule has 0 saturated heterocycles. The molecule has 1 heterocycles. The highest BCUT2D eigenvalue weighted by Crippen LogP contribution is 2.45. The zero-order valence-corrected chi connectivity index (χ0v) is 24.3. The molecular formula is C26H24Cl4N2O7. The number of esters is 2. The van der Waals surface area contributed by atoms with E-state index in [0.717, 1.165) is 0 Å². The normalized spacial score (nSPS) is 13.5. The average molecular weight is 618 g/mol. The van der Waals surface area contributed by atoms with Gasteiger partial charge in [0.2, 0.25) is 0 Å². The quantitative estimate of drug-likeness (QED) is 0.161. The fraction of sp³-hybridized carbons (Fsp3) is 0.346.